The van der Waals surface area contributed by atoms with Crippen molar-refractivity contribution < 1.29 is 13.5 Å². The number of rotatable bonds is 2. The van der Waals surface area contributed by atoms with Crippen LogP contribution in [0.1, 0.15) is 0 Å². The molecule has 1 aromatic rings. The summed E-state index contributed by atoms with van der Waals surface area (Å²) in [6.45, 7) is 3.48. The van der Waals surface area contributed by atoms with Crippen molar-refractivity contribution in [2.24, 2.45) is 0 Å². The Morgan fingerprint density at radius 3 is 2.58 bits per heavy atom. The second-order valence-electron chi connectivity index (χ2n) is 2.05. The zero-order valence-electron chi connectivity index (χ0n) is 6.11. The third-order valence-corrected chi connectivity index (χ3v) is 1.84. The standard InChI is InChI=1S/C8H6BrF2O/c1-2-12-8-3-5(9)6(10)4-7(8)11/h3-4H,1-2H2. The van der Waals surface area contributed by atoms with Gasteiger partial charge in [0.15, 0.2) is 11.6 Å². The second-order valence-corrected chi connectivity index (χ2v) is 2.90. The molecule has 0 aliphatic carbocycles. The second kappa shape index (κ2) is 3.85. The molecule has 0 N–H and O–H groups in total. The maximum atomic E-state index is 12.8. The van der Waals surface area contributed by atoms with Crippen LogP contribution in [0.3, 0.4) is 0 Å². The molecule has 65 valence electrons. The first-order chi connectivity index (χ1) is 5.65. The lowest BCUT2D eigenvalue weighted by atomic mass is 10.3. The van der Waals surface area contributed by atoms with Gasteiger partial charge in [0, 0.05) is 12.1 Å². The van der Waals surface area contributed by atoms with Crippen molar-refractivity contribution in [3.05, 3.63) is 35.2 Å². The first kappa shape index (κ1) is 9.45. The fraction of sp³-hybridized carbons (Fsp3) is 0.125. The van der Waals surface area contributed by atoms with Crippen LogP contribution < -0.4 is 4.74 Å². The minimum atomic E-state index is -0.723. The van der Waals surface area contributed by atoms with Crippen LogP contribution in [-0.4, -0.2) is 6.61 Å². The summed E-state index contributed by atoms with van der Waals surface area (Å²) in [5.41, 5.74) is 0. The molecule has 0 heterocycles. The third-order valence-electron chi connectivity index (χ3n) is 1.23. The molecular formula is C8H6BrF2O. The average Bonchev–Trinajstić information content (AvgIpc) is 2.01. The van der Waals surface area contributed by atoms with Gasteiger partial charge in [-0.2, -0.15) is 0 Å². The molecule has 0 spiro atoms. The Morgan fingerprint density at radius 1 is 1.33 bits per heavy atom. The molecule has 1 rings (SSSR count). The predicted octanol–water partition coefficient (Wildman–Crippen LogP) is 2.94. The van der Waals surface area contributed by atoms with Gasteiger partial charge in [0.25, 0.3) is 0 Å². The van der Waals surface area contributed by atoms with Crippen molar-refractivity contribution in [1.29, 1.82) is 0 Å². The van der Waals surface area contributed by atoms with Crippen molar-refractivity contribution in [1.82, 2.24) is 0 Å². The minimum Gasteiger partial charge on any atom is -0.490 e. The molecule has 0 saturated heterocycles. The minimum absolute atomic E-state index is 0.00160. The summed E-state index contributed by atoms with van der Waals surface area (Å²) in [6, 6.07) is 1.99. The van der Waals surface area contributed by atoms with Crippen molar-refractivity contribution >= 4 is 15.9 Å². The normalized spacial score (nSPS) is 10.0. The first-order valence-electron chi connectivity index (χ1n) is 3.21. The van der Waals surface area contributed by atoms with E-state index >= 15 is 0 Å². The lowest BCUT2D eigenvalue weighted by molar-refractivity contribution is 0.338. The van der Waals surface area contributed by atoms with Crippen molar-refractivity contribution in [3.63, 3.8) is 0 Å². The number of hydrogen-bond donors (Lipinski definition) is 0. The van der Waals surface area contributed by atoms with Crippen molar-refractivity contribution in [2.75, 3.05) is 6.61 Å². The Hall–Kier alpha value is -0.640. The molecule has 1 nitrogen and oxygen atoms in total. The Balaban J connectivity index is 3.05. The zero-order chi connectivity index (χ0) is 9.14. The highest BCUT2D eigenvalue weighted by molar-refractivity contribution is 9.10. The van der Waals surface area contributed by atoms with Crippen LogP contribution in [0.25, 0.3) is 0 Å². The first-order valence-corrected chi connectivity index (χ1v) is 4.01. The summed E-state index contributed by atoms with van der Waals surface area (Å²) in [4.78, 5) is 0. The molecule has 0 unspecified atom stereocenters. The molecule has 4 heteroatoms. The van der Waals surface area contributed by atoms with E-state index in [0.717, 1.165) is 6.07 Å². The van der Waals surface area contributed by atoms with Crippen LogP contribution in [0.4, 0.5) is 8.78 Å². The molecule has 0 aromatic heterocycles. The summed E-state index contributed by atoms with van der Waals surface area (Å²) in [6.07, 6.45) is 0. The maximum absolute atomic E-state index is 12.8. The number of ether oxygens (including phenoxy) is 1. The van der Waals surface area contributed by atoms with Crippen LogP contribution in [0.5, 0.6) is 5.75 Å². The largest absolute Gasteiger partial charge is 0.490 e. The zero-order valence-corrected chi connectivity index (χ0v) is 7.70. The maximum Gasteiger partial charge on any atom is 0.168 e. The molecule has 0 fully saturated rings. The fourth-order valence-corrected chi connectivity index (χ4v) is 1.05. The van der Waals surface area contributed by atoms with Crippen LogP contribution in [-0.2, 0) is 0 Å². The summed E-state index contributed by atoms with van der Waals surface area (Å²) in [7, 11) is 0. The summed E-state index contributed by atoms with van der Waals surface area (Å²) in [5, 5.41) is 0. The van der Waals surface area contributed by atoms with Gasteiger partial charge in [0.2, 0.25) is 0 Å². The molecule has 12 heavy (non-hydrogen) atoms. The van der Waals surface area contributed by atoms with Gasteiger partial charge >= 0.3 is 0 Å². The summed E-state index contributed by atoms with van der Waals surface area (Å²) >= 11 is 2.91. The molecule has 0 atom stereocenters. The van der Waals surface area contributed by atoms with E-state index in [2.05, 4.69) is 22.9 Å². The molecule has 0 amide bonds. The highest BCUT2D eigenvalue weighted by Crippen LogP contribution is 2.25. The van der Waals surface area contributed by atoms with Crippen LogP contribution >= 0.6 is 15.9 Å². The molecule has 1 radical (unpaired) electrons. The Labute approximate surface area is 77.5 Å². The lowest BCUT2D eigenvalue weighted by Crippen LogP contribution is -1.95. The van der Waals surface area contributed by atoms with Gasteiger partial charge in [-0.15, -0.1) is 0 Å². The van der Waals surface area contributed by atoms with E-state index in [0.29, 0.717) is 0 Å². The third kappa shape index (κ3) is 1.94. The van der Waals surface area contributed by atoms with E-state index in [-0.39, 0.29) is 16.8 Å². The van der Waals surface area contributed by atoms with E-state index in [4.69, 9.17) is 4.74 Å². The Morgan fingerprint density at radius 2 is 2.00 bits per heavy atom. The van der Waals surface area contributed by atoms with Gasteiger partial charge in [0.05, 0.1) is 11.1 Å². The van der Waals surface area contributed by atoms with Gasteiger partial charge in [-0.05, 0) is 22.9 Å². The van der Waals surface area contributed by atoms with Crippen molar-refractivity contribution in [2.45, 2.75) is 0 Å². The van der Waals surface area contributed by atoms with Gasteiger partial charge in [0.1, 0.15) is 5.82 Å². The van der Waals surface area contributed by atoms with Gasteiger partial charge in [-0.25, -0.2) is 8.78 Å². The van der Waals surface area contributed by atoms with E-state index in [1.165, 1.54) is 6.07 Å². The predicted molar refractivity (Wildman–Crippen MR) is 44.9 cm³/mol. The highest BCUT2D eigenvalue weighted by Gasteiger charge is 2.07. The smallest absolute Gasteiger partial charge is 0.168 e. The molecule has 0 bridgehead atoms. The number of benzene rings is 1. The van der Waals surface area contributed by atoms with Crippen molar-refractivity contribution in [3.8, 4) is 5.75 Å². The molecule has 0 aliphatic heterocycles. The monoisotopic (exact) mass is 235 g/mol. The van der Waals surface area contributed by atoms with Crippen LogP contribution in [0, 0.1) is 18.6 Å². The molecule has 0 saturated carbocycles. The van der Waals surface area contributed by atoms with E-state index in [1.54, 1.807) is 0 Å². The quantitative estimate of drug-likeness (QED) is 0.717. The fourth-order valence-electron chi connectivity index (χ4n) is 0.725. The number of hydrogen-bond acceptors (Lipinski definition) is 1. The van der Waals surface area contributed by atoms with Gasteiger partial charge < -0.3 is 4.74 Å². The van der Waals surface area contributed by atoms with E-state index in [1.807, 2.05) is 0 Å². The van der Waals surface area contributed by atoms with Crippen LogP contribution in [0.15, 0.2) is 16.6 Å². The average molecular weight is 236 g/mol. The topological polar surface area (TPSA) is 9.23 Å². The number of halogens is 3. The van der Waals surface area contributed by atoms with Gasteiger partial charge in [-0.1, -0.05) is 0 Å². The van der Waals surface area contributed by atoms with Crippen LogP contribution in [0.2, 0.25) is 0 Å². The lowest BCUT2D eigenvalue weighted by Gasteiger charge is -2.04. The Kier molecular flexibility index (Phi) is 3.03. The summed E-state index contributed by atoms with van der Waals surface area (Å²) in [5.74, 6) is -1.37. The molecule has 0 aliphatic rings. The summed E-state index contributed by atoms with van der Waals surface area (Å²) < 4.78 is 30.4. The van der Waals surface area contributed by atoms with E-state index < -0.39 is 11.6 Å². The van der Waals surface area contributed by atoms with E-state index in [9.17, 15) is 8.78 Å². The molecule has 1 aromatic carbocycles. The Bertz CT molecular complexity index is 289. The molecular weight excluding hydrogens is 230 g/mol. The van der Waals surface area contributed by atoms with Gasteiger partial charge in [-0.3, -0.25) is 0 Å². The highest BCUT2D eigenvalue weighted by atomic mass is 79.9. The SMILES string of the molecule is [CH2]COc1cc(Br)c(F)cc1F.